The van der Waals surface area contributed by atoms with Gasteiger partial charge in [-0.25, -0.2) is 0 Å². The molecular formula is C15H18ClNO2. The van der Waals surface area contributed by atoms with Gasteiger partial charge in [-0.15, -0.1) is 11.6 Å². The van der Waals surface area contributed by atoms with Crippen LogP contribution < -0.4 is 5.32 Å². The van der Waals surface area contributed by atoms with Crippen molar-refractivity contribution >= 4 is 23.2 Å². The van der Waals surface area contributed by atoms with E-state index in [2.05, 4.69) is 18.3 Å². The summed E-state index contributed by atoms with van der Waals surface area (Å²) in [6, 6.07) is 6.06. The van der Waals surface area contributed by atoms with Gasteiger partial charge in [0.2, 0.25) is 5.91 Å². The normalized spacial score (nSPS) is 27.8. The number of carbonyl (C=O) groups is 1. The van der Waals surface area contributed by atoms with E-state index in [0.29, 0.717) is 12.3 Å². The van der Waals surface area contributed by atoms with E-state index in [1.807, 2.05) is 12.1 Å². The van der Waals surface area contributed by atoms with E-state index in [-0.39, 0.29) is 17.4 Å². The van der Waals surface area contributed by atoms with Crippen molar-refractivity contribution in [2.24, 2.45) is 5.92 Å². The van der Waals surface area contributed by atoms with E-state index in [9.17, 15) is 4.79 Å². The molecule has 0 bridgehead atoms. The van der Waals surface area contributed by atoms with Gasteiger partial charge in [-0.2, -0.15) is 0 Å². The van der Waals surface area contributed by atoms with Gasteiger partial charge < -0.3 is 10.1 Å². The van der Waals surface area contributed by atoms with Gasteiger partial charge >= 0.3 is 0 Å². The van der Waals surface area contributed by atoms with Crippen LogP contribution in [0.5, 0.6) is 0 Å². The van der Waals surface area contributed by atoms with Gasteiger partial charge in [0, 0.05) is 18.7 Å². The first-order chi connectivity index (χ1) is 9.15. The Bertz CT molecular complexity index is 503. The fourth-order valence-corrected chi connectivity index (χ4v) is 3.31. The first kappa shape index (κ1) is 12.9. The van der Waals surface area contributed by atoms with E-state index >= 15 is 0 Å². The highest BCUT2D eigenvalue weighted by Gasteiger charge is 2.32. The van der Waals surface area contributed by atoms with E-state index in [1.165, 1.54) is 5.56 Å². The molecule has 0 spiro atoms. The number of hydrogen-bond donors (Lipinski definition) is 1. The summed E-state index contributed by atoms with van der Waals surface area (Å²) in [7, 11) is 0. The third-order valence-corrected chi connectivity index (χ3v) is 4.58. The van der Waals surface area contributed by atoms with Gasteiger partial charge in [-0.1, -0.05) is 19.1 Å². The van der Waals surface area contributed by atoms with Gasteiger partial charge in [-0.3, -0.25) is 4.79 Å². The lowest BCUT2D eigenvalue weighted by Crippen LogP contribution is -2.21. The number of rotatable bonds is 2. The van der Waals surface area contributed by atoms with Crippen LogP contribution in [0.25, 0.3) is 0 Å². The van der Waals surface area contributed by atoms with E-state index in [1.54, 1.807) is 0 Å². The van der Waals surface area contributed by atoms with Crippen LogP contribution >= 0.6 is 11.6 Å². The van der Waals surface area contributed by atoms with Crippen LogP contribution in [0.4, 0.5) is 5.69 Å². The van der Waals surface area contributed by atoms with Gasteiger partial charge in [0.15, 0.2) is 0 Å². The molecule has 3 rings (SSSR count). The number of ether oxygens (including phenoxy) is 1. The predicted molar refractivity (Wildman–Crippen MR) is 75.5 cm³/mol. The van der Waals surface area contributed by atoms with Crippen molar-refractivity contribution in [1.82, 2.24) is 0 Å². The van der Waals surface area contributed by atoms with Crippen molar-refractivity contribution in [3.05, 3.63) is 29.3 Å². The van der Waals surface area contributed by atoms with Gasteiger partial charge in [0.05, 0.1) is 11.5 Å². The SMILES string of the molecule is CC1CCOC1C(Cl)c1ccc2c(c1)CCC(=O)N2. The number of alkyl halides is 1. The maximum atomic E-state index is 11.3. The zero-order valence-electron chi connectivity index (χ0n) is 11.0. The number of fused-ring (bicyclic) bond motifs is 1. The zero-order chi connectivity index (χ0) is 13.4. The van der Waals surface area contributed by atoms with Gasteiger partial charge in [0.25, 0.3) is 0 Å². The van der Waals surface area contributed by atoms with Crippen LogP contribution in [0.1, 0.15) is 36.3 Å². The third kappa shape index (κ3) is 2.49. The number of nitrogens with one attached hydrogen (secondary N) is 1. The Morgan fingerprint density at radius 1 is 1.42 bits per heavy atom. The molecule has 2 aliphatic rings. The number of carbonyl (C=O) groups excluding carboxylic acids is 1. The molecular weight excluding hydrogens is 262 g/mol. The number of aryl methyl sites for hydroxylation is 1. The molecule has 0 radical (unpaired) electrons. The molecule has 3 nitrogen and oxygen atoms in total. The number of amides is 1. The van der Waals surface area contributed by atoms with Crippen LogP contribution in [0.2, 0.25) is 0 Å². The van der Waals surface area contributed by atoms with Crippen LogP contribution in [0.3, 0.4) is 0 Å². The Labute approximate surface area is 118 Å². The lowest BCUT2D eigenvalue weighted by molar-refractivity contribution is -0.116. The molecule has 3 atom stereocenters. The molecule has 19 heavy (non-hydrogen) atoms. The Morgan fingerprint density at radius 2 is 2.26 bits per heavy atom. The Balaban J connectivity index is 1.83. The summed E-state index contributed by atoms with van der Waals surface area (Å²) in [6.07, 6.45) is 2.52. The number of hydrogen-bond acceptors (Lipinski definition) is 2. The summed E-state index contributed by atoms with van der Waals surface area (Å²) in [5.41, 5.74) is 3.19. The number of halogens is 1. The summed E-state index contributed by atoms with van der Waals surface area (Å²) < 4.78 is 5.74. The van der Waals surface area contributed by atoms with Crippen molar-refractivity contribution < 1.29 is 9.53 Å². The lowest BCUT2D eigenvalue weighted by Gasteiger charge is -2.23. The largest absolute Gasteiger partial charge is 0.376 e. The van der Waals surface area contributed by atoms with Crippen LogP contribution in [0.15, 0.2) is 18.2 Å². The highest BCUT2D eigenvalue weighted by Crippen LogP contribution is 2.37. The highest BCUT2D eigenvalue weighted by molar-refractivity contribution is 6.21. The molecule has 2 heterocycles. The Kier molecular flexibility index (Phi) is 3.50. The molecule has 1 aromatic carbocycles. The first-order valence-electron chi connectivity index (χ1n) is 6.83. The van der Waals surface area contributed by atoms with Crippen LogP contribution in [-0.4, -0.2) is 18.6 Å². The fourth-order valence-electron chi connectivity index (χ4n) is 2.86. The summed E-state index contributed by atoms with van der Waals surface area (Å²) in [5.74, 6) is 0.591. The van der Waals surface area contributed by atoms with Crippen molar-refractivity contribution in [2.45, 2.75) is 37.7 Å². The van der Waals surface area contributed by atoms with E-state index in [4.69, 9.17) is 16.3 Å². The zero-order valence-corrected chi connectivity index (χ0v) is 11.7. The third-order valence-electron chi connectivity index (χ3n) is 4.08. The number of anilines is 1. The number of benzene rings is 1. The summed E-state index contributed by atoms with van der Waals surface area (Å²) >= 11 is 6.57. The monoisotopic (exact) mass is 279 g/mol. The second kappa shape index (κ2) is 5.14. The minimum Gasteiger partial charge on any atom is -0.376 e. The van der Waals surface area contributed by atoms with Crippen molar-refractivity contribution in [2.75, 3.05) is 11.9 Å². The first-order valence-corrected chi connectivity index (χ1v) is 7.27. The van der Waals surface area contributed by atoms with Crippen molar-refractivity contribution in [3.8, 4) is 0 Å². The summed E-state index contributed by atoms with van der Waals surface area (Å²) in [5, 5.41) is 2.78. The molecule has 2 aliphatic heterocycles. The Morgan fingerprint density at radius 3 is 3.00 bits per heavy atom. The molecule has 0 saturated carbocycles. The lowest BCUT2D eigenvalue weighted by atomic mass is 9.94. The average Bonchev–Trinajstić information content (AvgIpc) is 2.83. The smallest absolute Gasteiger partial charge is 0.224 e. The van der Waals surface area contributed by atoms with Gasteiger partial charge in [0.1, 0.15) is 0 Å². The average molecular weight is 280 g/mol. The molecule has 1 N–H and O–H groups in total. The van der Waals surface area contributed by atoms with E-state index < -0.39 is 0 Å². The van der Waals surface area contributed by atoms with Crippen LogP contribution in [0, 0.1) is 5.92 Å². The maximum absolute atomic E-state index is 11.3. The van der Waals surface area contributed by atoms with Crippen molar-refractivity contribution in [1.29, 1.82) is 0 Å². The molecule has 0 aromatic heterocycles. The highest BCUT2D eigenvalue weighted by atomic mass is 35.5. The van der Waals surface area contributed by atoms with Crippen LogP contribution in [-0.2, 0) is 16.0 Å². The molecule has 3 unspecified atom stereocenters. The molecule has 1 saturated heterocycles. The molecule has 1 aromatic rings. The Hall–Kier alpha value is -1.06. The summed E-state index contributed by atoms with van der Waals surface area (Å²) in [6.45, 7) is 2.99. The molecule has 4 heteroatoms. The molecule has 102 valence electrons. The van der Waals surface area contributed by atoms with Crippen molar-refractivity contribution in [3.63, 3.8) is 0 Å². The second-order valence-corrected chi connectivity index (χ2v) is 5.94. The molecule has 1 amide bonds. The quantitative estimate of drug-likeness (QED) is 0.844. The minimum atomic E-state index is -0.111. The standard InChI is InChI=1S/C15H18ClNO2/c1-9-6-7-19-15(9)14(16)11-2-4-12-10(8-11)3-5-13(18)17-12/h2,4,8-9,14-15H,3,5-7H2,1H3,(H,17,18). The van der Waals surface area contributed by atoms with Gasteiger partial charge in [-0.05, 0) is 36.0 Å². The predicted octanol–water partition coefficient (Wildman–Crippen LogP) is 3.28. The molecule has 0 aliphatic carbocycles. The minimum absolute atomic E-state index is 0.0930. The second-order valence-electron chi connectivity index (χ2n) is 5.47. The molecule has 1 fully saturated rings. The van der Waals surface area contributed by atoms with E-state index in [0.717, 1.165) is 30.7 Å². The maximum Gasteiger partial charge on any atom is 0.224 e. The fraction of sp³-hybridized carbons (Fsp3) is 0.533. The summed E-state index contributed by atoms with van der Waals surface area (Å²) in [4.78, 5) is 11.3. The topological polar surface area (TPSA) is 38.3 Å².